The number of ether oxygens (including phenoxy) is 2. The van der Waals surface area contributed by atoms with E-state index in [0.717, 1.165) is 70.6 Å². The number of hydrogen-bond donors (Lipinski definition) is 3. The average molecular weight is 1020 g/mol. The molecule has 0 aromatic rings. The molecule has 8 saturated carbocycles. The lowest BCUT2D eigenvalue weighted by molar-refractivity contribution is -0.207. The fourth-order valence-corrected chi connectivity index (χ4v) is 22.7. The second kappa shape index (κ2) is 17.8. The average Bonchev–Trinajstić information content (AvgIpc) is 4.20. The highest BCUT2D eigenvalue weighted by Gasteiger charge is 2.68. The monoisotopic (exact) mass is 1020 g/mol. The summed E-state index contributed by atoms with van der Waals surface area (Å²) < 4.78 is 12.0. The normalized spacial score (nSPS) is 51.3. The minimum Gasteiger partial charge on any atom is -0.390 e. The molecule has 3 N–H and O–H groups in total. The third kappa shape index (κ3) is 7.82. The standard InChI is InChI=1S/C24H35NO2.C22H32O4.C19H28O2/c1-22-11-10-17(25-12-4-5-13-25)14-16(22)6-7-18-19-8-9-20(26)23(19,2)15-24(3,27)21(18)22;1-19-8-9-22(25-10-11-26-22)12-14(19)4-5-15-16-6-7-17(23)20(16,2)13-21(3,24)18(15)19;1-18-11-19(2,21)17-13-6-4-3-5-12(13)7-8-14(17)15(18)9-10-16(18)20/h6,14,18-19,21,27H,4-5,7-13,15H2,1-3H3;4,15-16,18,24H,5-13H2,1-3H3;5,13-15,17,21H,3-4,6-11H2,1-2H3/t18?,19?,21?,22?,23?,24-;15?,16?,18?,19?,20?,21-;13?,14?,15?,17?,18?,19-/m000/s1. The number of aliphatic hydroxyl groups is 3. The number of Topliss-reactive ketones (excluding diaryl/α,β-unsaturated/α-hetero) is 3. The first-order valence-corrected chi connectivity index (χ1v) is 30.5. The van der Waals surface area contributed by atoms with Crippen LogP contribution in [0.1, 0.15) is 203 Å². The summed E-state index contributed by atoms with van der Waals surface area (Å²) in [6, 6.07) is 0. The molecule has 0 aromatic heterocycles. The van der Waals surface area contributed by atoms with E-state index in [1.54, 1.807) is 5.57 Å². The third-order valence-electron chi connectivity index (χ3n) is 25.4. The Hall–Kier alpha value is -2.43. The van der Waals surface area contributed by atoms with Crippen LogP contribution >= 0.6 is 0 Å². The molecule has 12 aliphatic carbocycles. The number of carbonyl (C=O) groups is 3. The van der Waals surface area contributed by atoms with Gasteiger partial charge in [0.15, 0.2) is 5.79 Å². The Morgan fingerprint density at radius 1 is 0.541 bits per heavy atom. The lowest BCUT2D eigenvalue weighted by Crippen LogP contribution is -2.62. The number of fused-ring (bicyclic) bond motifs is 15. The molecule has 74 heavy (non-hydrogen) atoms. The molecule has 14 aliphatic rings. The highest BCUT2D eigenvalue weighted by molar-refractivity contribution is 5.88. The van der Waals surface area contributed by atoms with Crippen LogP contribution < -0.4 is 0 Å². The number of nitrogens with zero attached hydrogens (tertiary/aromatic N) is 1. The lowest BCUT2D eigenvalue weighted by atomic mass is 9.44. The zero-order valence-electron chi connectivity index (χ0n) is 47.0. The van der Waals surface area contributed by atoms with Crippen molar-refractivity contribution in [2.45, 2.75) is 226 Å². The van der Waals surface area contributed by atoms with Crippen molar-refractivity contribution in [3.05, 3.63) is 46.7 Å². The van der Waals surface area contributed by atoms with Gasteiger partial charge in [-0.15, -0.1) is 0 Å². The molecular formula is C65H95NO8. The van der Waals surface area contributed by atoms with Crippen molar-refractivity contribution in [2.75, 3.05) is 26.3 Å². The number of rotatable bonds is 1. The first-order chi connectivity index (χ1) is 34.9. The molecule has 0 bridgehead atoms. The van der Waals surface area contributed by atoms with Crippen molar-refractivity contribution in [3.63, 3.8) is 0 Å². The van der Waals surface area contributed by atoms with Crippen LogP contribution in [0.5, 0.6) is 0 Å². The second-order valence-electron chi connectivity index (χ2n) is 29.7. The minimum atomic E-state index is -0.800. The molecule has 2 heterocycles. The Bertz CT molecular complexity index is 2430. The molecule has 10 fully saturated rings. The highest BCUT2D eigenvalue weighted by Crippen LogP contribution is 2.70. The van der Waals surface area contributed by atoms with Crippen LogP contribution in [0.4, 0.5) is 0 Å². The predicted octanol–water partition coefficient (Wildman–Crippen LogP) is 12.0. The van der Waals surface area contributed by atoms with Crippen LogP contribution in [0.15, 0.2) is 46.7 Å². The number of hydrogen-bond acceptors (Lipinski definition) is 9. The number of allylic oxidation sites excluding steroid dienone is 7. The van der Waals surface area contributed by atoms with Crippen LogP contribution in [0, 0.1) is 86.3 Å². The van der Waals surface area contributed by atoms with Crippen LogP contribution in [0.2, 0.25) is 0 Å². The number of carbonyl (C=O) groups excluding carboxylic acids is 3. The molecule has 9 nitrogen and oxygen atoms in total. The Balaban J connectivity index is 0.000000114. The van der Waals surface area contributed by atoms with E-state index in [1.807, 2.05) is 20.8 Å². The zero-order chi connectivity index (χ0) is 52.2. The highest BCUT2D eigenvalue weighted by atomic mass is 16.7. The summed E-state index contributed by atoms with van der Waals surface area (Å²) in [4.78, 5) is 40.4. The van der Waals surface area contributed by atoms with Gasteiger partial charge in [-0.25, -0.2) is 0 Å². The van der Waals surface area contributed by atoms with E-state index in [4.69, 9.17) is 9.47 Å². The number of ketones is 3. The van der Waals surface area contributed by atoms with E-state index in [9.17, 15) is 29.7 Å². The number of likely N-dealkylation sites (tertiary alicyclic amines) is 1. The molecule has 0 radical (unpaired) electrons. The van der Waals surface area contributed by atoms with Crippen LogP contribution in [0.3, 0.4) is 0 Å². The quantitative estimate of drug-likeness (QED) is 0.220. The maximum absolute atomic E-state index is 12.7. The molecule has 15 unspecified atom stereocenters. The smallest absolute Gasteiger partial charge is 0.172 e. The molecule has 2 aliphatic heterocycles. The molecular weight excluding hydrogens is 923 g/mol. The Labute approximate surface area is 444 Å². The fraction of sp³-hybridized carbons (Fsp3) is 0.831. The van der Waals surface area contributed by atoms with Gasteiger partial charge in [0.25, 0.3) is 0 Å². The third-order valence-corrected chi connectivity index (χ3v) is 25.4. The van der Waals surface area contributed by atoms with Gasteiger partial charge >= 0.3 is 0 Å². The van der Waals surface area contributed by atoms with Crippen LogP contribution in [-0.4, -0.2) is 86.5 Å². The summed E-state index contributed by atoms with van der Waals surface area (Å²) in [5.41, 5.74) is 2.93. The Kier molecular flexibility index (Phi) is 12.6. The second-order valence-corrected chi connectivity index (χ2v) is 29.7. The fourth-order valence-electron chi connectivity index (χ4n) is 22.7. The predicted molar refractivity (Wildman–Crippen MR) is 287 cm³/mol. The van der Waals surface area contributed by atoms with E-state index < -0.39 is 22.6 Å². The van der Waals surface area contributed by atoms with Gasteiger partial charge in [-0.3, -0.25) is 14.4 Å². The van der Waals surface area contributed by atoms with Gasteiger partial charge in [0.1, 0.15) is 17.3 Å². The van der Waals surface area contributed by atoms with Crippen LogP contribution in [0.25, 0.3) is 0 Å². The van der Waals surface area contributed by atoms with Crippen molar-refractivity contribution in [1.82, 2.24) is 4.90 Å². The SMILES string of the molecule is CC12C[C@](C)(O)C3C(CC=C4C=C(N5CCCC5)CCC43C)C1CCC2=O.CC12C[C@](C)(O)C3C(CC=C4CC5(CCC43C)OCCO5)C1CCC2=O.CC12C[C@](C)(O)C3C4CCCC=C4CCC3C1CCC2=O. The first-order valence-electron chi connectivity index (χ1n) is 30.5. The summed E-state index contributed by atoms with van der Waals surface area (Å²) in [6.45, 7) is 21.0. The van der Waals surface area contributed by atoms with Crippen molar-refractivity contribution in [3.8, 4) is 0 Å². The summed E-state index contributed by atoms with van der Waals surface area (Å²) in [6.07, 6.45) is 32.8. The van der Waals surface area contributed by atoms with Gasteiger partial charge in [0.05, 0.1) is 30.0 Å². The molecule has 18 atom stereocenters. The molecule has 0 amide bonds. The van der Waals surface area contributed by atoms with Gasteiger partial charge in [0, 0.05) is 73.1 Å². The summed E-state index contributed by atoms with van der Waals surface area (Å²) in [5, 5.41) is 34.5. The molecule has 408 valence electrons. The molecule has 9 heteroatoms. The van der Waals surface area contributed by atoms with Crippen molar-refractivity contribution < 1.29 is 39.2 Å². The Morgan fingerprint density at radius 2 is 1.08 bits per heavy atom. The minimum absolute atomic E-state index is 0.0139. The van der Waals surface area contributed by atoms with E-state index >= 15 is 0 Å². The topological polar surface area (TPSA) is 134 Å². The van der Waals surface area contributed by atoms with Crippen molar-refractivity contribution >= 4 is 17.3 Å². The molecule has 0 aromatic carbocycles. The maximum Gasteiger partial charge on any atom is 0.172 e. The summed E-state index contributed by atoms with van der Waals surface area (Å²) in [7, 11) is 0. The van der Waals surface area contributed by atoms with Gasteiger partial charge in [-0.1, -0.05) is 64.0 Å². The van der Waals surface area contributed by atoms with Crippen molar-refractivity contribution in [2.24, 2.45) is 86.3 Å². The lowest BCUT2D eigenvalue weighted by Gasteiger charge is -2.62. The maximum atomic E-state index is 12.7. The van der Waals surface area contributed by atoms with Crippen molar-refractivity contribution in [1.29, 1.82) is 0 Å². The summed E-state index contributed by atoms with van der Waals surface area (Å²) >= 11 is 0. The zero-order valence-corrected chi connectivity index (χ0v) is 47.0. The van der Waals surface area contributed by atoms with E-state index in [2.05, 4.69) is 63.8 Å². The van der Waals surface area contributed by atoms with Crippen LogP contribution in [-0.2, 0) is 23.9 Å². The van der Waals surface area contributed by atoms with E-state index in [-0.39, 0.29) is 38.9 Å². The van der Waals surface area contributed by atoms with Gasteiger partial charge in [-0.05, 0) is 212 Å². The van der Waals surface area contributed by atoms with E-state index in [1.165, 1.54) is 74.9 Å². The van der Waals surface area contributed by atoms with Gasteiger partial charge in [0.2, 0.25) is 0 Å². The summed E-state index contributed by atoms with van der Waals surface area (Å²) in [5.74, 6) is 5.04. The molecule has 1 spiro atoms. The van der Waals surface area contributed by atoms with E-state index in [0.29, 0.717) is 110 Å². The first kappa shape index (κ1) is 52.3. The molecule has 2 saturated heterocycles. The van der Waals surface area contributed by atoms with Gasteiger partial charge in [-0.2, -0.15) is 0 Å². The largest absolute Gasteiger partial charge is 0.390 e. The Morgan fingerprint density at radius 3 is 1.68 bits per heavy atom. The molecule has 14 rings (SSSR count). The van der Waals surface area contributed by atoms with Gasteiger partial charge < -0.3 is 29.7 Å².